The Morgan fingerprint density at radius 3 is 1.25 bits per heavy atom. The Morgan fingerprint density at radius 1 is 0.591 bits per heavy atom. The fraction of sp³-hybridized carbons (Fsp3) is 0.167. The second kappa shape index (κ2) is 11.4. The number of benzene rings is 2. The Morgan fingerprint density at radius 2 is 0.932 bits per heavy atom. The number of nitrogens with one attached hydrogen (secondary N) is 2. The van der Waals surface area contributed by atoms with E-state index in [9.17, 15) is 62.3 Å². The first-order valence-electron chi connectivity index (χ1n) is 11.3. The zero-order valence-electron chi connectivity index (χ0n) is 20.7. The molecular formula is C24H10F12N4O2S2. The van der Waals surface area contributed by atoms with Gasteiger partial charge >= 0.3 is 35.5 Å². The van der Waals surface area contributed by atoms with Crippen molar-refractivity contribution in [3.63, 3.8) is 0 Å². The third-order valence-corrected chi connectivity index (χ3v) is 7.13. The highest BCUT2D eigenvalue weighted by atomic mass is 32.1. The van der Waals surface area contributed by atoms with Crippen molar-refractivity contribution in [2.45, 2.75) is 23.7 Å². The van der Waals surface area contributed by atoms with Gasteiger partial charge in [-0.2, -0.15) is 35.1 Å². The number of halogens is 12. The lowest BCUT2D eigenvalue weighted by atomic mass is 9.97. The van der Waals surface area contributed by atoms with Gasteiger partial charge in [-0.15, -0.1) is 22.7 Å². The van der Waals surface area contributed by atoms with Crippen molar-refractivity contribution in [3.8, 4) is 22.5 Å². The van der Waals surface area contributed by atoms with E-state index in [4.69, 9.17) is 0 Å². The van der Waals surface area contributed by atoms with Crippen molar-refractivity contribution in [1.82, 2.24) is 9.97 Å². The molecule has 0 saturated heterocycles. The topological polar surface area (TPSA) is 84.0 Å². The maximum absolute atomic E-state index is 14.4. The van der Waals surface area contributed by atoms with E-state index < -0.39 is 91.6 Å². The van der Waals surface area contributed by atoms with Crippen LogP contribution in [0.25, 0.3) is 22.5 Å². The second-order valence-electron chi connectivity index (χ2n) is 8.53. The molecule has 0 atom stereocenters. The molecule has 234 valence electrons. The average molecular weight is 678 g/mol. The summed E-state index contributed by atoms with van der Waals surface area (Å²) in [6.45, 7) is 0. The zero-order chi connectivity index (χ0) is 32.8. The molecule has 2 aromatic heterocycles. The van der Waals surface area contributed by atoms with E-state index in [0.29, 0.717) is 12.1 Å². The highest BCUT2D eigenvalue weighted by Gasteiger charge is 2.84. The molecule has 0 aliphatic heterocycles. The van der Waals surface area contributed by atoms with Crippen LogP contribution in [0.1, 0.15) is 0 Å². The molecule has 0 bridgehead atoms. The molecule has 0 unspecified atom stereocenters. The van der Waals surface area contributed by atoms with E-state index in [1.165, 1.54) is 0 Å². The van der Waals surface area contributed by atoms with Crippen LogP contribution in [0.2, 0.25) is 0 Å². The Kier molecular flexibility index (Phi) is 8.46. The Hall–Kier alpha value is -4.20. The minimum Gasteiger partial charge on any atom is -0.296 e. The van der Waals surface area contributed by atoms with Crippen LogP contribution in [0, 0.1) is 23.3 Å². The van der Waals surface area contributed by atoms with Gasteiger partial charge in [-0.1, -0.05) is 0 Å². The van der Waals surface area contributed by atoms with E-state index in [1.54, 1.807) is 0 Å². The number of aromatic nitrogens is 2. The molecule has 0 radical (unpaired) electrons. The molecule has 2 amide bonds. The highest BCUT2D eigenvalue weighted by molar-refractivity contribution is 7.14. The van der Waals surface area contributed by atoms with Crippen molar-refractivity contribution >= 4 is 44.8 Å². The highest BCUT2D eigenvalue weighted by Crippen LogP contribution is 2.53. The maximum atomic E-state index is 14.4. The number of nitrogens with zero attached hydrogens (tertiary/aromatic N) is 2. The number of carbonyl (C=O) groups excluding carboxylic acids is 2. The van der Waals surface area contributed by atoms with Crippen LogP contribution in [0.15, 0.2) is 47.2 Å². The van der Waals surface area contributed by atoms with Crippen molar-refractivity contribution in [1.29, 1.82) is 0 Å². The summed E-state index contributed by atoms with van der Waals surface area (Å²) in [6.07, 6.45) is 0. The molecule has 0 fully saturated rings. The molecule has 4 aromatic rings. The van der Waals surface area contributed by atoms with Crippen molar-refractivity contribution in [2.75, 3.05) is 10.6 Å². The molecule has 20 heteroatoms. The van der Waals surface area contributed by atoms with E-state index in [-0.39, 0.29) is 22.7 Å². The molecule has 44 heavy (non-hydrogen) atoms. The zero-order valence-corrected chi connectivity index (χ0v) is 22.3. The van der Waals surface area contributed by atoms with Crippen LogP contribution in [-0.2, 0) is 9.59 Å². The summed E-state index contributed by atoms with van der Waals surface area (Å²) >= 11 is 0.408. The Balaban J connectivity index is 1.52. The monoisotopic (exact) mass is 678 g/mol. The van der Waals surface area contributed by atoms with Gasteiger partial charge in [0, 0.05) is 34.0 Å². The van der Waals surface area contributed by atoms with Crippen LogP contribution in [0.5, 0.6) is 0 Å². The first-order valence-corrected chi connectivity index (χ1v) is 13.0. The summed E-state index contributed by atoms with van der Waals surface area (Å²) < 4.78 is 169. The smallest absolute Gasteiger partial charge is 0.296 e. The maximum Gasteiger partial charge on any atom is 0.393 e. The summed E-state index contributed by atoms with van der Waals surface area (Å²) in [6, 6.07) is 4.02. The Bertz CT molecular complexity index is 1620. The number of rotatable bonds is 9. The SMILES string of the molecule is O=C(Nc1nc(-c2ccc(F)cc2F)cs1)C(F)(F)C(F)(F)C(F)(F)C(F)(F)C(=O)Nc1nc(-c2ccc(F)cc2F)cs1. The Labute approximate surface area is 244 Å². The van der Waals surface area contributed by atoms with Gasteiger partial charge in [0.2, 0.25) is 0 Å². The fourth-order valence-electron chi connectivity index (χ4n) is 3.33. The second-order valence-corrected chi connectivity index (χ2v) is 10.2. The molecule has 2 N–H and O–H groups in total. The van der Waals surface area contributed by atoms with Gasteiger partial charge in [0.05, 0.1) is 11.4 Å². The quantitative estimate of drug-likeness (QED) is 0.179. The third-order valence-electron chi connectivity index (χ3n) is 5.62. The molecule has 2 heterocycles. The normalized spacial score (nSPS) is 12.7. The van der Waals surface area contributed by atoms with Crippen LogP contribution >= 0.6 is 22.7 Å². The van der Waals surface area contributed by atoms with Crippen LogP contribution in [0.4, 0.5) is 62.9 Å². The van der Waals surface area contributed by atoms with E-state index in [0.717, 1.165) is 45.7 Å². The van der Waals surface area contributed by atoms with Gasteiger partial charge in [-0.25, -0.2) is 27.5 Å². The van der Waals surface area contributed by atoms with Gasteiger partial charge in [0.15, 0.2) is 10.3 Å². The molecule has 4 rings (SSSR count). The number of hydrogen-bond donors (Lipinski definition) is 2. The fourth-order valence-corrected chi connectivity index (χ4v) is 4.75. The largest absolute Gasteiger partial charge is 0.393 e. The molecule has 0 spiro atoms. The number of hydrogen-bond acceptors (Lipinski definition) is 6. The minimum atomic E-state index is -7.22. The molecular weight excluding hydrogens is 668 g/mol. The van der Waals surface area contributed by atoms with E-state index >= 15 is 0 Å². The summed E-state index contributed by atoms with van der Waals surface area (Å²) in [5.74, 6) is -38.6. The molecule has 6 nitrogen and oxygen atoms in total. The number of thiazole rings is 2. The lowest BCUT2D eigenvalue weighted by Crippen LogP contribution is -2.67. The molecule has 2 aromatic carbocycles. The average Bonchev–Trinajstić information content (AvgIpc) is 3.58. The molecule has 0 saturated carbocycles. The van der Waals surface area contributed by atoms with Crippen molar-refractivity contribution in [3.05, 3.63) is 70.4 Å². The predicted molar refractivity (Wildman–Crippen MR) is 132 cm³/mol. The lowest BCUT2D eigenvalue weighted by molar-refractivity contribution is -0.345. The van der Waals surface area contributed by atoms with Crippen LogP contribution in [-0.4, -0.2) is 45.5 Å². The summed E-state index contributed by atoms with van der Waals surface area (Å²) in [4.78, 5) is 30.7. The lowest BCUT2D eigenvalue weighted by Gasteiger charge is -2.35. The summed E-state index contributed by atoms with van der Waals surface area (Å²) in [5, 5.41) is 1.83. The van der Waals surface area contributed by atoms with Crippen molar-refractivity contribution < 1.29 is 62.3 Å². The number of alkyl halides is 8. The van der Waals surface area contributed by atoms with E-state index in [2.05, 4.69) is 9.97 Å². The minimum absolute atomic E-state index is 0.204. The van der Waals surface area contributed by atoms with Gasteiger partial charge in [-0.3, -0.25) is 20.2 Å². The predicted octanol–water partition coefficient (Wildman–Crippen LogP) is 7.61. The van der Waals surface area contributed by atoms with Gasteiger partial charge in [0.25, 0.3) is 0 Å². The van der Waals surface area contributed by atoms with Gasteiger partial charge < -0.3 is 0 Å². The molecule has 0 aliphatic rings. The van der Waals surface area contributed by atoms with Crippen LogP contribution in [0.3, 0.4) is 0 Å². The standard InChI is InChI=1S/C24H10F12N4O2S2/c25-9-1-3-11(13(27)5-9)15-7-43-19(37-15)39-17(41)21(29,30)23(33,34)24(35,36)22(31,32)18(42)40-20-38-16(8-44-20)12-4-2-10(26)6-14(12)28/h1-8H,(H,37,39,41)(H,38,40,42). The number of amides is 2. The first kappa shape index (κ1) is 32.7. The number of anilines is 2. The van der Waals surface area contributed by atoms with Gasteiger partial charge in [0.1, 0.15) is 23.3 Å². The third kappa shape index (κ3) is 5.70. The number of carbonyl (C=O) groups is 2. The first-order chi connectivity index (χ1) is 20.3. The van der Waals surface area contributed by atoms with E-state index in [1.807, 2.05) is 0 Å². The van der Waals surface area contributed by atoms with Crippen LogP contribution < -0.4 is 10.6 Å². The van der Waals surface area contributed by atoms with Crippen molar-refractivity contribution in [2.24, 2.45) is 0 Å². The summed E-state index contributed by atoms with van der Waals surface area (Å²) in [5.41, 5.74) is -1.74. The summed E-state index contributed by atoms with van der Waals surface area (Å²) in [7, 11) is 0. The molecule has 0 aliphatic carbocycles. The van der Waals surface area contributed by atoms with Gasteiger partial charge in [-0.05, 0) is 24.3 Å².